The number of carbonyl (C=O) groups is 3. The molecule has 7 heteroatoms. The smallest absolute Gasteiger partial charge is 0.255 e. The number of carbonyl (C=O) groups excluding carboxylic acids is 3. The van der Waals surface area contributed by atoms with Gasteiger partial charge in [-0.2, -0.15) is 0 Å². The van der Waals surface area contributed by atoms with Crippen molar-refractivity contribution in [3.63, 3.8) is 0 Å². The van der Waals surface area contributed by atoms with Crippen LogP contribution in [-0.4, -0.2) is 17.5 Å². The molecule has 0 aromatic heterocycles. The predicted molar refractivity (Wildman–Crippen MR) is 108 cm³/mol. The third-order valence-electron chi connectivity index (χ3n) is 4.62. The van der Waals surface area contributed by atoms with Gasteiger partial charge in [0.05, 0.1) is 28.2 Å². The molecule has 5 N–H and O–H groups in total. The molecule has 3 aromatic carbocycles. The summed E-state index contributed by atoms with van der Waals surface area (Å²) in [4.78, 5) is 38.7. The quantitative estimate of drug-likeness (QED) is 0.452. The predicted octanol–water partition coefficient (Wildman–Crippen LogP) is 3.53. The molecule has 1 aliphatic carbocycles. The summed E-state index contributed by atoms with van der Waals surface area (Å²) in [5.74, 6) is -1.28. The van der Waals surface area contributed by atoms with Gasteiger partial charge in [-0.25, -0.2) is 0 Å². The number of nitrogens with two attached hydrogens (primary N) is 2. The number of hydrogen-bond acceptors (Lipinski definition) is 5. The third kappa shape index (κ3) is 2.71. The number of hydrogen-bond donors (Lipinski definition) is 3. The maximum Gasteiger partial charge on any atom is 0.255 e. The summed E-state index contributed by atoms with van der Waals surface area (Å²) in [6.07, 6.45) is 0. The van der Waals surface area contributed by atoms with E-state index in [1.165, 1.54) is 6.07 Å². The van der Waals surface area contributed by atoms with Crippen LogP contribution in [-0.2, 0) is 0 Å². The molecule has 4 rings (SSSR count). The lowest BCUT2D eigenvalue weighted by atomic mass is 9.82. The van der Waals surface area contributed by atoms with Crippen LogP contribution in [0.1, 0.15) is 42.2 Å². The maximum absolute atomic E-state index is 13.1. The van der Waals surface area contributed by atoms with E-state index in [9.17, 15) is 14.4 Å². The Labute approximate surface area is 165 Å². The molecule has 0 spiro atoms. The first-order valence-corrected chi connectivity index (χ1v) is 8.73. The summed E-state index contributed by atoms with van der Waals surface area (Å²) in [6.45, 7) is 0. The largest absolute Gasteiger partial charge is 0.397 e. The Morgan fingerprint density at radius 3 is 2.04 bits per heavy atom. The van der Waals surface area contributed by atoms with Crippen molar-refractivity contribution in [1.29, 1.82) is 0 Å². The number of rotatable bonds is 2. The topological polar surface area (TPSA) is 115 Å². The minimum absolute atomic E-state index is 0.00936. The number of nitrogen functional groups attached to an aromatic ring is 2. The van der Waals surface area contributed by atoms with Crippen molar-refractivity contribution >= 4 is 46.1 Å². The van der Waals surface area contributed by atoms with E-state index in [0.717, 1.165) is 0 Å². The van der Waals surface area contributed by atoms with Gasteiger partial charge in [0.2, 0.25) is 0 Å². The standard InChI is InChI=1S/C21H14ClN3O3/c22-11-7-5-10(6-8-11)21(28)25-15-9-14(23)18(24)17-16(15)19(26)12-3-1-2-4-13(12)20(17)27/h1-9H,23-24H2,(H,25,28). The molecule has 0 aliphatic heterocycles. The monoisotopic (exact) mass is 391 g/mol. The maximum atomic E-state index is 13.1. The van der Waals surface area contributed by atoms with E-state index in [1.54, 1.807) is 48.5 Å². The van der Waals surface area contributed by atoms with Crippen molar-refractivity contribution in [2.75, 3.05) is 16.8 Å². The molecule has 138 valence electrons. The van der Waals surface area contributed by atoms with E-state index in [0.29, 0.717) is 10.6 Å². The lowest BCUT2D eigenvalue weighted by molar-refractivity contribution is 0.0979. The van der Waals surface area contributed by atoms with Crippen LogP contribution >= 0.6 is 11.6 Å². The number of ketones is 2. The molecule has 0 unspecified atom stereocenters. The van der Waals surface area contributed by atoms with Crippen LogP contribution in [0.15, 0.2) is 54.6 Å². The van der Waals surface area contributed by atoms with Crippen LogP contribution < -0.4 is 16.8 Å². The zero-order chi connectivity index (χ0) is 20.0. The van der Waals surface area contributed by atoms with E-state index < -0.39 is 17.5 Å². The number of anilines is 3. The highest BCUT2D eigenvalue weighted by Gasteiger charge is 2.34. The van der Waals surface area contributed by atoms with Gasteiger partial charge in [-0.15, -0.1) is 0 Å². The van der Waals surface area contributed by atoms with Crippen molar-refractivity contribution in [3.05, 3.63) is 87.4 Å². The number of benzene rings is 3. The van der Waals surface area contributed by atoms with Gasteiger partial charge >= 0.3 is 0 Å². The van der Waals surface area contributed by atoms with Gasteiger partial charge in [0.25, 0.3) is 5.91 Å². The van der Waals surface area contributed by atoms with Gasteiger partial charge < -0.3 is 16.8 Å². The second-order valence-electron chi connectivity index (χ2n) is 6.34. The van der Waals surface area contributed by atoms with E-state index >= 15 is 0 Å². The highest BCUT2D eigenvalue weighted by molar-refractivity contribution is 6.33. The summed E-state index contributed by atoms with van der Waals surface area (Å²) < 4.78 is 0. The molecule has 0 fully saturated rings. The van der Waals surface area contributed by atoms with Gasteiger partial charge in [-0.05, 0) is 30.3 Å². The van der Waals surface area contributed by atoms with Gasteiger partial charge in [-0.1, -0.05) is 35.9 Å². The van der Waals surface area contributed by atoms with Gasteiger partial charge in [0.1, 0.15) is 0 Å². The molecule has 0 atom stereocenters. The van der Waals surface area contributed by atoms with Gasteiger partial charge in [0.15, 0.2) is 11.6 Å². The van der Waals surface area contributed by atoms with E-state index in [1.807, 2.05) is 0 Å². The van der Waals surface area contributed by atoms with Crippen molar-refractivity contribution in [1.82, 2.24) is 0 Å². The summed E-state index contributed by atoms with van der Waals surface area (Å²) in [6, 6.07) is 14.1. The average Bonchev–Trinajstić information content (AvgIpc) is 2.69. The molecule has 1 amide bonds. The normalized spacial score (nSPS) is 12.3. The molecule has 1 aliphatic rings. The Morgan fingerprint density at radius 2 is 1.43 bits per heavy atom. The SMILES string of the molecule is Nc1cc(NC(=O)c2ccc(Cl)cc2)c2c(c1N)C(=O)c1ccccc1C2=O. The minimum atomic E-state index is -0.470. The molecule has 28 heavy (non-hydrogen) atoms. The Morgan fingerprint density at radius 1 is 0.857 bits per heavy atom. The second-order valence-corrected chi connectivity index (χ2v) is 6.78. The molecule has 0 bridgehead atoms. The number of amides is 1. The fourth-order valence-corrected chi connectivity index (χ4v) is 3.36. The van der Waals surface area contributed by atoms with Crippen molar-refractivity contribution in [3.8, 4) is 0 Å². The lowest BCUT2D eigenvalue weighted by Crippen LogP contribution is -2.26. The van der Waals surface area contributed by atoms with Gasteiger partial charge in [0, 0.05) is 21.7 Å². The number of fused-ring (bicyclic) bond motifs is 2. The van der Waals surface area contributed by atoms with Crippen molar-refractivity contribution in [2.45, 2.75) is 0 Å². The van der Waals surface area contributed by atoms with Crippen LogP contribution in [0.2, 0.25) is 5.02 Å². The third-order valence-corrected chi connectivity index (χ3v) is 4.88. The highest BCUT2D eigenvalue weighted by atomic mass is 35.5. The molecule has 0 heterocycles. The molecular formula is C21H14ClN3O3. The molecule has 0 saturated heterocycles. The first-order chi connectivity index (χ1) is 13.4. The summed E-state index contributed by atoms with van der Waals surface area (Å²) >= 11 is 5.85. The van der Waals surface area contributed by atoms with Crippen LogP contribution in [0.25, 0.3) is 0 Å². The second kappa shape index (κ2) is 6.51. The highest BCUT2D eigenvalue weighted by Crippen LogP contribution is 2.38. The summed E-state index contributed by atoms with van der Waals surface area (Å²) in [7, 11) is 0. The zero-order valence-corrected chi connectivity index (χ0v) is 15.2. The number of halogens is 1. The molecule has 0 saturated carbocycles. The van der Waals surface area contributed by atoms with Crippen LogP contribution in [0.5, 0.6) is 0 Å². The molecule has 6 nitrogen and oxygen atoms in total. The van der Waals surface area contributed by atoms with Gasteiger partial charge in [-0.3, -0.25) is 14.4 Å². The molecule has 0 radical (unpaired) electrons. The minimum Gasteiger partial charge on any atom is -0.397 e. The Bertz CT molecular complexity index is 1170. The Balaban J connectivity index is 1.85. The summed E-state index contributed by atoms with van der Waals surface area (Å²) in [5.41, 5.74) is 13.1. The van der Waals surface area contributed by atoms with Crippen LogP contribution in [0, 0.1) is 0 Å². The summed E-state index contributed by atoms with van der Waals surface area (Å²) in [5, 5.41) is 3.15. The molecule has 3 aromatic rings. The fraction of sp³-hybridized carbons (Fsp3) is 0. The number of nitrogens with one attached hydrogen (secondary N) is 1. The van der Waals surface area contributed by atoms with Crippen molar-refractivity contribution in [2.24, 2.45) is 0 Å². The average molecular weight is 392 g/mol. The molecular weight excluding hydrogens is 378 g/mol. The van der Waals surface area contributed by atoms with Crippen molar-refractivity contribution < 1.29 is 14.4 Å². The van der Waals surface area contributed by atoms with Crippen LogP contribution in [0.3, 0.4) is 0 Å². The zero-order valence-electron chi connectivity index (χ0n) is 14.5. The van der Waals surface area contributed by atoms with E-state index in [2.05, 4.69) is 5.32 Å². The van der Waals surface area contributed by atoms with Crippen LogP contribution in [0.4, 0.5) is 17.1 Å². The van der Waals surface area contributed by atoms with E-state index in [-0.39, 0.29) is 39.3 Å². The van der Waals surface area contributed by atoms with E-state index in [4.69, 9.17) is 23.1 Å². The Hall–Kier alpha value is -3.64. The Kier molecular flexibility index (Phi) is 4.13. The fourth-order valence-electron chi connectivity index (χ4n) is 3.23. The first-order valence-electron chi connectivity index (χ1n) is 8.35. The lowest BCUT2D eigenvalue weighted by Gasteiger charge is -2.23. The first kappa shape index (κ1) is 17.8.